The molecule has 4 saturated carbocycles. The van der Waals surface area contributed by atoms with E-state index in [2.05, 4.69) is 19.2 Å². The largest absolute Gasteiger partial charge is 0.462 e. The summed E-state index contributed by atoms with van der Waals surface area (Å²) in [5.41, 5.74) is -0.393. The van der Waals surface area contributed by atoms with Crippen molar-refractivity contribution in [2.24, 2.45) is 39.9 Å². The van der Waals surface area contributed by atoms with Crippen LogP contribution in [0.25, 0.3) is 0 Å². The molecule has 0 saturated heterocycles. The molecule has 1 unspecified atom stereocenters. The Morgan fingerprint density at radius 2 is 1.77 bits per heavy atom. The van der Waals surface area contributed by atoms with Gasteiger partial charge in [0.2, 0.25) is 0 Å². The van der Waals surface area contributed by atoms with Crippen LogP contribution in [0.5, 0.6) is 0 Å². The van der Waals surface area contributed by atoms with Crippen molar-refractivity contribution in [2.75, 3.05) is 6.54 Å². The maximum Gasteiger partial charge on any atom is 0.407 e. The lowest BCUT2D eigenvalue weighted by Gasteiger charge is -2.59. The molecule has 1 aromatic rings. The third-order valence-electron chi connectivity index (χ3n) is 10.8. The molecule has 7 nitrogen and oxygen atoms in total. The number of rotatable bonds is 6. The van der Waals surface area contributed by atoms with Crippen molar-refractivity contribution in [1.29, 1.82) is 0 Å². The van der Waals surface area contributed by atoms with Gasteiger partial charge in [-0.3, -0.25) is 14.4 Å². The van der Waals surface area contributed by atoms with Crippen molar-refractivity contribution in [3.63, 3.8) is 0 Å². The summed E-state index contributed by atoms with van der Waals surface area (Å²) in [6, 6.07) is 9.41. The standard InChI is InChI=1S/C32H43NO6/c1-30(2,19-33-29(37)38-18-20-8-6-5-7-9-20)28(36)39-21-12-14-31(3)24-13-15-32(4)23(10-11-27(32)35)22(24)17-26(34)25(31)16-21/h5-9,21-25H,10-19H2,1-4H3,(H,33,37)/t21-,22-,23-,24-,25?,31+,32-/m0/s1. The molecule has 0 spiro atoms. The summed E-state index contributed by atoms with van der Waals surface area (Å²) in [7, 11) is 0. The molecule has 7 atom stereocenters. The minimum Gasteiger partial charge on any atom is -0.462 e. The van der Waals surface area contributed by atoms with E-state index in [1.807, 2.05) is 30.3 Å². The summed E-state index contributed by atoms with van der Waals surface area (Å²) in [4.78, 5) is 51.6. The van der Waals surface area contributed by atoms with Crippen LogP contribution in [0, 0.1) is 39.9 Å². The molecule has 1 N–H and O–H groups in total. The van der Waals surface area contributed by atoms with Crippen molar-refractivity contribution < 1.29 is 28.7 Å². The minimum absolute atomic E-state index is 0.0921. The van der Waals surface area contributed by atoms with Gasteiger partial charge in [-0.2, -0.15) is 0 Å². The second-order valence-electron chi connectivity index (χ2n) is 13.6. The molecule has 0 aliphatic heterocycles. The zero-order valence-electron chi connectivity index (χ0n) is 23.8. The number of Topliss-reactive ketones (excluding diaryl/α,β-unsaturated/α-hetero) is 2. The fraction of sp³-hybridized carbons (Fsp3) is 0.688. The van der Waals surface area contributed by atoms with Crippen LogP contribution in [-0.2, 0) is 30.5 Å². The molecule has 5 rings (SSSR count). The molecule has 4 fully saturated rings. The number of hydrogen-bond acceptors (Lipinski definition) is 6. The normalized spacial score (nSPS) is 35.8. The van der Waals surface area contributed by atoms with Gasteiger partial charge in [-0.15, -0.1) is 0 Å². The van der Waals surface area contributed by atoms with Crippen LogP contribution < -0.4 is 5.32 Å². The second-order valence-corrected chi connectivity index (χ2v) is 13.6. The van der Waals surface area contributed by atoms with E-state index in [4.69, 9.17) is 9.47 Å². The number of nitrogens with one attached hydrogen (secondary N) is 1. The highest BCUT2D eigenvalue weighted by Crippen LogP contribution is 2.64. The van der Waals surface area contributed by atoms with Gasteiger partial charge in [0, 0.05) is 30.7 Å². The van der Waals surface area contributed by atoms with Crippen LogP contribution in [0.2, 0.25) is 0 Å². The third-order valence-corrected chi connectivity index (χ3v) is 10.8. The second kappa shape index (κ2) is 10.4. The number of carbonyl (C=O) groups excluding carboxylic acids is 4. The molecule has 0 bridgehead atoms. The summed E-state index contributed by atoms with van der Waals surface area (Å²) in [5.74, 6) is 1.26. The Balaban J connectivity index is 1.15. The van der Waals surface area contributed by atoms with E-state index in [0.717, 1.165) is 37.7 Å². The monoisotopic (exact) mass is 537 g/mol. The number of benzene rings is 1. The Morgan fingerprint density at radius 3 is 2.51 bits per heavy atom. The summed E-state index contributed by atoms with van der Waals surface area (Å²) < 4.78 is 11.2. The zero-order valence-corrected chi connectivity index (χ0v) is 23.8. The van der Waals surface area contributed by atoms with Crippen LogP contribution in [0.3, 0.4) is 0 Å². The lowest BCUT2D eigenvalue weighted by molar-refractivity contribution is -0.175. The lowest BCUT2D eigenvalue weighted by Crippen LogP contribution is -2.57. The number of ether oxygens (including phenoxy) is 2. The highest BCUT2D eigenvalue weighted by Gasteiger charge is 2.62. The molecule has 212 valence electrons. The van der Waals surface area contributed by atoms with Gasteiger partial charge in [-0.1, -0.05) is 44.2 Å². The Labute approximate surface area is 231 Å². The summed E-state index contributed by atoms with van der Waals surface area (Å²) in [6.07, 6.45) is 5.34. The smallest absolute Gasteiger partial charge is 0.407 e. The van der Waals surface area contributed by atoms with E-state index >= 15 is 0 Å². The van der Waals surface area contributed by atoms with Crippen molar-refractivity contribution in [2.45, 2.75) is 91.8 Å². The quantitative estimate of drug-likeness (QED) is 0.472. The number of fused-ring (bicyclic) bond motifs is 5. The Morgan fingerprint density at radius 1 is 1.03 bits per heavy atom. The van der Waals surface area contributed by atoms with Crippen molar-refractivity contribution in [3.8, 4) is 0 Å². The number of hydrogen-bond donors (Lipinski definition) is 1. The number of carbonyl (C=O) groups is 4. The van der Waals surface area contributed by atoms with E-state index < -0.39 is 11.5 Å². The molecule has 4 aliphatic carbocycles. The topological polar surface area (TPSA) is 98.8 Å². The van der Waals surface area contributed by atoms with Gasteiger partial charge in [0.1, 0.15) is 24.3 Å². The first-order chi connectivity index (χ1) is 18.4. The van der Waals surface area contributed by atoms with Crippen LogP contribution in [0.4, 0.5) is 4.79 Å². The summed E-state index contributed by atoms with van der Waals surface area (Å²) in [6.45, 7) is 8.16. The lowest BCUT2D eigenvalue weighted by atomic mass is 9.45. The van der Waals surface area contributed by atoms with E-state index in [0.29, 0.717) is 42.8 Å². The highest BCUT2D eigenvalue weighted by molar-refractivity contribution is 5.88. The number of ketones is 2. The SMILES string of the molecule is CC(C)(CNC(=O)OCc1ccccc1)C(=O)O[C@H]1CC[C@@]2(C)C(C1)C(=O)C[C@@H]1[C@@H]2CC[C@]2(C)C(=O)CC[C@@H]12. The number of amides is 1. The zero-order chi connectivity index (χ0) is 28.0. The predicted molar refractivity (Wildman–Crippen MR) is 145 cm³/mol. The van der Waals surface area contributed by atoms with Crippen molar-refractivity contribution in [1.82, 2.24) is 5.32 Å². The molecule has 0 aromatic heterocycles. The molecule has 39 heavy (non-hydrogen) atoms. The Hall–Kier alpha value is -2.70. The van der Waals surface area contributed by atoms with Gasteiger partial charge < -0.3 is 14.8 Å². The van der Waals surface area contributed by atoms with E-state index in [-0.39, 0.29) is 47.8 Å². The first-order valence-electron chi connectivity index (χ1n) is 14.7. The van der Waals surface area contributed by atoms with Crippen LogP contribution in [0.15, 0.2) is 30.3 Å². The maximum atomic E-state index is 13.5. The van der Waals surface area contributed by atoms with E-state index in [9.17, 15) is 19.2 Å². The molecule has 0 radical (unpaired) electrons. The molecule has 4 aliphatic rings. The van der Waals surface area contributed by atoms with Gasteiger partial charge >= 0.3 is 12.1 Å². The molecule has 1 amide bonds. The Kier molecular flexibility index (Phi) is 7.40. The predicted octanol–water partition coefficient (Wildman–Crippen LogP) is 5.64. The number of alkyl carbamates (subject to hydrolysis) is 1. The number of esters is 1. The van der Waals surface area contributed by atoms with Gasteiger partial charge in [0.25, 0.3) is 0 Å². The van der Waals surface area contributed by atoms with Gasteiger partial charge in [0.05, 0.1) is 5.41 Å². The van der Waals surface area contributed by atoms with Gasteiger partial charge in [-0.05, 0) is 81.1 Å². The average Bonchev–Trinajstić information content (AvgIpc) is 3.22. The molecule has 7 heteroatoms. The van der Waals surface area contributed by atoms with E-state index in [1.165, 1.54) is 0 Å². The fourth-order valence-corrected chi connectivity index (χ4v) is 8.33. The highest BCUT2D eigenvalue weighted by atomic mass is 16.6. The molecular formula is C32H43NO6. The molecular weight excluding hydrogens is 494 g/mol. The molecule has 0 heterocycles. The maximum absolute atomic E-state index is 13.5. The van der Waals surface area contributed by atoms with E-state index in [1.54, 1.807) is 13.8 Å². The van der Waals surface area contributed by atoms with Gasteiger partial charge in [0.15, 0.2) is 0 Å². The van der Waals surface area contributed by atoms with Crippen LogP contribution >= 0.6 is 0 Å². The fourth-order valence-electron chi connectivity index (χ4n) is 8.33. The van der Waals surface area contributed by atoms with Crippen molar-refractivity contribution >= 4 is 23.6 Å². The first kappa shape index (κ1) is 27.9. The van der Waals surface area contributed by atoms with Gasteiger partial charge in [-0.25, -0.2) is 4.79 Å². The molecule has 1 aromatic carbocycles. The average molecular weight is 538 g/mol. The first-order valence-corrected chi connectivity index (χ1v) is 14.7. The third kappa shape index (κ3) is 5.14. The summed E-state index contributed by atoms with van der Waals surface area (Å²) in [5, 5.41) is 2.69. The minimum atomic E-state index is -0.934. The summed E-state index contributed by atoms with van der Waals surface area (Å²) >= 11 is 0. The van der Waals surface area contributed by atoms with Crippen LogP contribution in [-0.4, -0.2) is 36.3 Å². The van der Waals surface area contributed by atoms with Crippen molar-refractivity contribution in [3.05, 3.63) is 35.9 Å². The Bertz CT molecular complexity index is 1130. The van der Waals surface area contributed by atoms with Crippen LogP contribution in [0.1, 0.15) is 84.6 Å².